The number of aryl methyl sites for hydroxylation is 2. The van der Waals surface area contributed by atoms with E-state index < -0.39 is 5.97 Å². The normalized spacial score (nSPS) is 10.6. The molecule has 0 saturated heterocycles. The summed E-state index contributed by atoms with van der Waals surface area (Å²) < 4.78 is 7.70. The van der Waals surface area contributed by atoms with Gasteiger partial charge in [0.15, 0.2) is 0 Å². The third kappa shape index (κ3) is 3.24. The van der Waals surface area contributed by atoms with E-state index in [2.05, 4.69) is 12.0 Å². The van der Waals surface area contributed by atoms with E-state index in [1.54, 1.807) is 25.1 Å². The molecule has 0 saturated carbocycles. The number of carbonyl (C=O) groups is 1. The minimum atomic E-state index is -0.940. The Morgan fingerprint density at radius 3 is 2.76 bits per heavy atom. The van der Waals surface area contributed by atoms with E-state index in [1.165, 1.54) is 0 Å². The third-order valence-corrected chi connectivity index (χ3v) is 3.47. The number of aromatic nitrogens is 2. The van der Waals surface area contributed by atoms with Crippen LogP contribution in [0.3, 0.4) is 0 Å². The van der Waals surface area contributed by atoms with Crippen molar-refractivity contribution in [3.8, 4) is 5.75 Å². The largest absolute Gasteiger partial charge is 0.487 e. The molecule has 5 heteroatoms. The van der Waals surface area contributed by atoms with Gasteiger partial charge in [0, 0.05) is 12.1 Å². The molecule has 5 nitrogen and oxygen atoms in total. The molecule has 0 unspecified atom stereocenters. The van der Waals surface area contributed by atoms with Gasteiger partial charge in [-0.3, -0.25) is 4.68 Å². The number of carboxylic acid groups (broad SMARTS) is 1. The fourth-order valence-corrected chi connectivity index (χ4v) is 2.23. The summed E-state index contributed by atoms with van der Waals surface area (Å²) in [5, 5.41) is 13.6. The highest BCUT2D eigenvalue weighted by Crippen LogP contribution is 2.22. The van der Waals surface area contributed by atoms with Crippen LogP contribution in [-0.4, -0.2) is 20.9 Å². The minimum Gasteiger partial charge on any atom is -0.487 e. The highest BCUT2D eigenvalue weighted by Gasteiger charge is 2.12. The Balaban J connectivity index is 2.18. The second kappa shape index (κ2) is 6.43. The number of hydrogen-bond donors (Lipinski definition) is 1. The summed E-state index contributed by atoms with van der Waals surface area (Å²) in [5.41, 5.74) is 2.94. The number of carboxylic acids is 1. The first-order valence-corrected chi connectivity index (χ1v) is 7.08. The van der Waals surface area contributed by atoms with Crippen LogP contribution in [0.4, 0.5) is 0 Å². The van der Waals surface area contributed by atoms with Gasteiger partial charge in [0.05, 0.1) is 17.0 Å². The Hall–Kier alpha value is -2.30. The smallest absolute Gasteiger partial charge is 0.336 e. The number of hydrogen-bond acceptors (Lipinski definition) is 3. The molecule has 1 aromatic carbocycles. The molecule has 1 N–H and O–H groups in total. The molecule has 1 heterocycles. The molecule has 0 aliphatic carbocycles. The molecule has 2 aromatic rings. The van der Waals surface area contributed by atoms with E-state index in [9.17, 15) is 4.79 Å². The summed E-state index contributed by atoms with van der Waals surface area (Å²) in [5.74, 6) is -0.346. The van der Waals surface area contributed by atoms with Gasteiger partial charge in [-0.15, -0.1) is 0 Å². The van der Waals surface area contributed by atoms with Crippen LogP contribution < -0.4 is 4.74 Å². The highest BCUT2D eigenvalue weighted by molar-refractivity contribution is 5.90. The Morgan fingerprint density at radius 1 is 1.38 bits per heavy atom. The van der Waals surface area contributed by atoms with Crippen molar-refractivity contribution in [3.05, 3.63) is 46.8 Å². The lowest BCUT2D eigenvalue weighted by Gasteiger charge is -2.11. The van der Waals surface area contributed by atoms with Crippen LogP contribution in [0.1, 0.15) is 41.2 Å². The minimum absolute atomic E-state index is 0.269. The second-order valence-electron chi connectivity index (χ2n) is 4.82. The molecule has 0 radical (unpaired) electrons. The topological polar surface area (TPSA) is 64.3 Å². The van der Waals surface area contributed by atoms with Gasteiger partial charge in [-0.25, -0.2) is 4.79 Å². The molecule has 21 heavy (non-hydrogen) atoms. The lowest BCUT2D eigenvalue weighted by molar-refractivity contribution is 0.0695. The van der Waals surface area contributed by atoms with Crippen LogP contribution in [0, 0.1) is 6.92 Å². The van der Waals surface area contributed by atoms with Crippen LogP contribution in [0.2, 0.25) is 0 Å². The molecule has 112 valence electrons. The van der Waals surface area contributed by atoms with Gasteiger partial charge >= 0.3 is 5.97 Å². The molecule has 0 amide bonds. The summed E-state index contributed by atoms with van der Waals surface area (Å²) in [7, 11) is 0. The number of aromatic carboxylic acids is 1. The fourth-order valence-electron chi connectivity index (χ4n) is 2.23. The maximum Gasteiger partial charge on any atom is 0.336 e. The van der Waals surface area contributed by atoms with Crippen LogP contribution >= 0.6 is 0 Å². The van der Waals surface area contributed by atoms with E-state index in [1.807, 2.05) is 17.7 Å². The molecule has 0 bridgehead atoms. The Kier molecular flexibility index (Phi) is 4.62. The van der Waals surface area contributed by atoms with Crippen molar-refractivity contribution < 1.29 is 14.6 Å². The zero-order valence-corrected chi connectivity index (χ0v) is 12.6. The predicted octanol–water partition coefficient (Wildman–Crippen LogP) is 3.05. The molecule has 2 rings (SSSR count). The number of ether oxygens (including phenoxy) is 1. The predicted molar refractivity (Wildman–Crippen MR) is 79.7 cm³/mol. The van der Waals surface area contributed by atoms with E-state index in [0.717, 1.165) is 24.4 Å². The van der Waals surface area contributed by atoms with Gasteiger partial charge in [-0.2, -0.15) is 5.10 Å². The van der Waals surface area contributed by atoms with Crippen LogP contribution in [0.15, 0.2) is 24.3 Å². The van der Waals surface area contributed by atoms with Gasteiger partial charge in [-0.05, 0) is 38.5 Å². The van der Waals surface area contributed by atoms with Crippen molar-refractivity contribution >= 4 is 5.97 Å². The average Bonchev–Trinajstić information content (AvgIpc) is 2.88. The molecule has 0 aliphatic heterocycles. The quantitative estimate of drug-likeness (QED) is 0.887. The lowest BCUT2D eigenvalue weighted by Crippen LogP contribution is -2.07. The van der Waals surface area contributed by atoms with Crippen molar-refractivity contribution in [2.75, 3.05) is 0 Å². The highest BCUT2D eigenvalue weighted by atomic mass is 16.5. The van der Waals surface area contributed by atoms with E-state index >= 15 is 0 Å². The SMILES string of the molecule is CCc1cc(COc2cccc(C(=O)O)c2C)n(CC)n1. The Bertz CT molecular complexity index is 647. The van der Waals surface area contributed by atoms with Gasteiger partial charge in [0.25, 0.3) is 0 Å². The summed E-state index contributed by atoms with van der Waals surface area (Å²) in [6, 6.07) is 7.09. The van der Waals surface area contributed by atoms with Gasteiger partial charge in [-0.1, -0.05) is 13.0 Å². The molecular formula is C16H20N2O3. The van der Waals surface area contributed by atoms with Crippen molar-refractivity contribution in [1.29, 1.82) is 0 Å². The van der Waals surface area contributed by atoms with Gasteiger partial charge < -0.3 is 9.84 Å². The second-order valence-corrected chi connectivity index (χ2v) is 4.82. The molecule has 0 fully saturated rings. The average molecular weight is 288 g/mol. The summed E-state index contributed by atoms with van der Waals surface area (Å²) >= 11 is 0. The molecule has 1 aromatic heterocycles. The van der Waals surface area contributed by atoms with Crippen molar-refractivity contribution in [2.24, 2.45) is 0 Å². The standard InChI is InChI=1S/C16H20N2O3/c1-4-12-9-13(18(5-2)17-12)10-21-15-8-6-7-14(11(15)3)16(19)20/h6-9H,4-5,10H2,1-3H3,(H,19,20). The van der Waals surface area contributed by atoms with Gasteiger partial charge in [0.2, 0.25) is 0 Å². The Morgan fingerprint density at radius 2 is 2.14 bits per heavy atom. The summed E-state index contributed by atoms with van der Waals surface area (Å²) in [6.07, 6.45) is 0.882. The van der Waals surface area contributed by atoms with Crippen LogP contribution in [0.5, 0.6) is 5.75 Å². The fraction of sp³-hybridized carbons (Fsp3) is 0.375. The maximum absolute atomic E-state index is 11.1. The maximum atomic E-state index is 11.1. The monoisotopic (exact) mass is 288 g/mol. The third-order valence-electron chi connectivity index (χ3n) is 3.47. The zero-order valence-electron chi connectivity index (χ0n) is 12.6. The molecule has 0 aliphatic rings. The molecule has 0 atom stereocenters. The molecular weight excluding hydrogens is 268 g/mol. The van der Waals surface area contributed by atoms with E-state index in [4.69, 9.17) is 9.84 Å². The summed E-state index contributed by atoms with van der Waals surface area (Å²) in [6.45, 7) is 7.02. The van der Waals surface area contributed by atoms with Crippen LogP contribution in [0.25, 0.3) is 0 Å². The lowest BCUT2D eigenvalue weighted by atomic mass is 10.1. The van der Waals surface area contributed by atoms with Crippen LogP contribution in [-0.2, 0) is 19.6 Å². The first kappa shape index (κ1) is 15.1. The number of rotatable bonds is 6. The van der Waals surface area contributed by atoms with Crippen molar-refractivity contribution in [1.82, 2.24) is 9.78 Å². The Labute approximate surface area is 124 Å². The number of benzene rings is 1. The first-order valence-electron chi connectivity index (χ1n) is 7.08. The van der Waals surface area contributed by atoms with Crippen molar-refractivity contribution in [2.45, 2.75) is 40.3 Å². The zero-order chi connectivity index (χ0) is 15.4. The summed E-state index contributed by atoms with van der Waals surface area (Å²) in [4.78, 5) is 11.1. The van der Waals surface area contributed by atoms with Gasteiger partial charge in [0.1, 0.15) is 12.4 Å². The first-order chi connectivity index (χ1) is 10.1. The molecule has 0 spiro atoms. The van der Waals surface area contributed by atoms with E-state index in [0.29, 0.717) is 17.9 Å². The van der Waals surface area contributed by atoms with E-state index in [-0.39, 0.29) is 5.56 Å². The van der Waals surface area contributed by atoms with Crippen molar-refractivity contribution in [3.63, 3.8) is 0 Å². The number of nitrogens with zero attached hydrogens (tertiary/aromatic N) is 2.